The number of aryl methyl sites for hydroxylation is 1. The number of rotatable bonds is 4. The summed E-state index contributed by atoms with van der Waals surface area (Å²) in [6, 6.07) is 7.74. The molecule has 0 saturated heterocycles. The lowest BCUT2D eigenvalue weighted by Gasteiger charge is -2.13. The van der Waals surface area contributed by atoms with Gasteiger partial charge >= 0.3 is 6.18 Å². The molecule has 0 fully saturated rings. The minimum absolute atomic E-state index is 0.134. The van der Waals surface area contributed by atoms with Crippen LogP contribution in [0, 0.1) is 6.92 Å². The zero-order chi connectivity index (χ0) is 18.9. The van der Waals surface area contributed by atoms with Crippen molar-refractivity contribution in [2.45, 2.75) is 39.4 Å². The highest BCUT2D eigenvalue weighted by Crippen LogP contribution is 2.32. The summed E-state index contributed by atoms with van der Waals surface area (Å²) in [5.41, 5.74) is 2.94. The van der Waals surface area contributed by atoms with Gasteiger partial charge in [0.05, 0.1) is 23.5 Å². The van der Waals surface area contributed by atoms with E-state index in [0.717, 1.165) is 23.0 Å². The number of benzene rings is 1. The summed E-state index contributed by atoms with van der Waals surface area (Å²) in [5, 5.41) is 8.45. The highest BCUT2D eigenvalue weighted by Gasteiger charge is 2.31. The topological polar surface area (TPSA) is 43.6 Å². The van der Waals surface area contributed by atoms with Crippen LogP contribution in [0.1, 0.15) is 42.1 Å². The fourth-order valence-electron chi connectivity index (χ4n) is 2.92. The van der Waals surface area contributed by atoms with Gasteiger partial charge in [-0.05, 0) is 42.7 Å². The van der Waals surface area contributed by atoms with E-state index in [9.17, 15) is 13.2 Å². The molecule has 7 heteroatoms. The molecule has 2 aromatic heterocycles. The van der Waals surface area contributed by atoms with Gasteiger partial charge in [0.1, 0.15) is 0 Å². The third kappa shape index (κ3) is 3.76. The van der Waals surface area contributed by atoms with E-state index in [1.54, 1.807) is 30.1 Å². The van der Waals surface area contributed by atoms with Crippen molar-refractivity contribution < 1.29 is 13.2 Å². The molecule has 0 atom stereocenters. The van der Waals surface area contributed by atoms with E-state index in [2.05, 4.69) is 15.3 Å². The van der Waals surface area contributed by atoms with E-state index < -0.39 is 11.7 Å². The number of halogens is 3. The molecule has 0 N–H and O–H groups in total. The largest absolute Gasteiger partial charge is 0.416 e. The summed E-state index contributed by atoms with van der Waals surface area (Å²) < 4.78 is 40.9. The summed E-state index contributed by atoms with van der Waals surface area (Å²) in [5.74, 6) is 0.134. The highest BCUT2D eigenvalue weighted by molar-refractivity contribution is 5.62. The first-order valence-corrected chi connectivity index (χ1v) is 8.27. The molecule has 0 saturated carbocycles. The van der Waals surface area contributed by atoms with E-state index in [1.165, 1.54) is 6.07 Å². The molecule has 3 rings (SSSR count). The van der Waals surface area contributed by atoms with Crippen molar-refractivity contribution in [1.29, 1.82) is 0 Å². The van der Waals surface area contributed by atoms with Gasteiger partial charge in [-0.15, -0.1) is 5.10 Å². The molecular weight excluding hydrogens is 341 g/mol. The average Bonchev–Trinajstić information content (AvgIpc) is 2.98. The van der Waals surface area contributed by atoms with Crippen LogP contribution in [0.5, 0.6) is 0 Å². The Morgan fingerprint density at radius 2 is 1.77 bits per heavy atom. The van der Waals surface area contributed by atoms with Crippen molar-refractivity contribution in [3.8, 4) is 11.3 Å². The van der Waals surface area contributed by atoms with Gasteiger partial charge in [0.15, 0.2) is 0 Å². The Labute approximate surface area is 149 Å². The average molecular weight is 360 g/mol. The van der Waals surface area contributed by atoms with E-state index in [-0.39, 0.29) is 12.5 Å². The molecule has 1 aromatic carbocycles. The lowest BCUT2D eigenvalue weighted by atomic mass is 10.0. The van der Waals surface area contributed by atoms with Gasteiger partial charge in [-0.3, -0.25) is 4.98 Å². The zero-order valence-electron chi connectivity index (χ0n) is 14.7. The quantitative estimate of drug-likeness (QED) is 0.669. The standard InChI is InChI=1S/C19H19F3N4/c1-12(2)17-18(15-4-6-23-7-5-15)26(25-24-17)11-14-8-13(3)9-16(10-14)19(20,21)22/h4-10,12H,11H2,1-3H3. The van der Waals surface area contributed by atoms with E-state index in [4.69, 9.17) is 0 Å². The van der Waals surface area contributed by atoms with Crippen molar-refractivity contribution >= 4 is 0 Å². The molecule has 3 aromatic rings. The second-order valence-electron chi connectivity index (χ2n) is 6.58. The fourth-order valence-corrected chi connectivity index (χ4v) is 2.92. The summed E-state index contributed by atoms with van der Waals surface area (Å²) >= 11 is 0. The molecule has 0 aliphatic rings. The van der Waals surface area contributed by atoms with E-state index in [0.29, 0.717) is 11.1 Å². The predicted octanol–water partition coefficient (Wildman–Crippen LogP) is 4.84. The van der Waals surface area contributed by atoms with Crippen LogP contribution in [-0.2, 0) is 12.7 Å². The van der Waals surface area contributed by atoms with Crippen LogP contribution in [0.15, 0.2) is 42.7 Å². The van der Waals surface area contributed by atoms with Gasteiger partial charge in [-0.25, -0.2) is 4.68 Å². The normalized spacial score (nSPS) is 12.0. The first kappa shape index (κ1) is 18.1. The monoisotopic (exact) mass is 360 g/mol. The van der Waals surface area contributed by atoms with Crippen LogP contribution in [0.4, 0.5) is 13.2 Å². The Balaban J connectivity index is 2.05. The Hall–Kier alpha value is -2.70. The number of pyridine rings is 1. The fraction of sp³-hybridized carbons (Fsp3) is 0.316. The molecule has 0 unspecified atom stereocenters. The second-order valence-corrected chi connectivity index (χ2v) is 6.58. The zero-order valence-corrected chi connectivity index (χ0v) is 14.7. The molecule has 136 valence electrons. The molecular formula is C19H19F3N4. The first-order chi connectivity index (χ1) is 12.3. The third-order valence-electron chi connectivity index (χ3n) is 4.06. The lowest BCUT2D eigenvalue weighted by Crippen LogP contribution is -2.09. The molecule has 0 amide bonds. The molecule has 0 aliphatic carbocycles. The van der Waals surface area contributed by atoms with Crippen LogP contribution < -0.4 is 0 Å². The summed E-state index contributed by atoms with van der Waals surface area (Å²) in [4.78, 5) is 4.02. The Morgan fingerprint density at radius 1 is 1.08 bits per heavy atom. The van der Waals surface area contributed by atoms with Crippen molar-refractivity contribution in [3.63, 3.8) is 0 Å². The SMILES string of the molecule is Cc1cc(Cn2nnc(C(C)C)c2-c2ccncc2)cc(C(F)(F)F)c1. The summed E-state index contributed by atoms with van der Waals surface area (Å²) in [7, 11) is 0. The summed E-state index contributed by atoms with van der Waals surface area (Å²) in [6.45, 7) is 5.88. The lowest BCUT2D eigenvalue weighted by molar-refractivity contribution is -0.137. The minimum Gasteiger partial charge on any atom is -0.265 e. The Morgan fingerprint density at radius 3 is 2.38 bits per heavy atom. The maximum Gasteiger partial charge on any atom is 0.416 e. The van der Waals surface area contributed by atoms with Gasteiger partial charge in [0, 0.05) is 18.0 Å². The maximum atomic E-state index is 13.1. The number of aromatic nitrogens is 4. The van der Waals surface area contributed by atoms with Crippen molar-refractivity contribution in [2.24, 2.45) is 0 Å². The maximum absolute atomic E-state index is 13.1. The van der Waals surface area contributed by atoms with Gasteiger partial charge in [-0.2, -0.15) is 13.2 Å². The molecule has 0 spiro atoms. The van der Waals surface area contributed by atoms with E-state index >= 15 is 0 Å². The van der Waals surface area contributed by atoms with Gasteiger partial charge in [0.2, 0.25) is 0 Å². The third-order valence-corrected chi connectivity index (χ3v) is 4.06. The summed E-state index contributed by atoms with van der Waals surface area (Å²) in [6.07, 6.45) is -1.03. The smallest absolute Gasteiger partial charge is 0.265 e. The van der Waals surface area contributed by atoms with Crippen molar-refractivity contribution in [2.75, 3.05) is 0 Å². The number of alkyl halides is 3. The van der Waals surface area contributed by atoms with Crippen molar-refractivity contribution in [1.82, 2.24) is 20.0 Å². The van der Waals surface area contributed by atoms with Crippen LogP contribution in [0.25, 0.3) is 11.3 Å². The first-order valence-electron chi connectivity index (χ1n) is 8.27. The van der Waals surface area contributed by atoms with Gasteiger partial charge < -0.3 is 0 Å². The Bertz CT molecular complexity index is 899. The van der Waals surface area contributed by atoms with Gasteiger partial charge in [-0.1, -0.05) is 30.7 Å². The predicted molar refractivity (Wildman–Crippen MR) is 92.6 cm³/mol. The highest BCUT2D eigenvalue weighted by atomic mass is 19.4. The molecule has 2 heterocycles. The molecule has 0 radical (unpaired) electrons. The van der Waals surface area contributed by atoms with Crippen molar-refractivity contribution in [3.05, 3.63) is 65.1 Å². The molecule has 4 nitrogen and oxygen atoms in total. The minimum atomic E-state index is -4.37. The Kier molecular flexibility index (Phi) is 4.80. The second kappa shape index (κ2) is 6.90. The molecule has 0 aliphatic heterocycles. The molecule has 26 heavy (non-hydrogen) atoms. The van der Waals surface area contributed by atoms with E-state index in [1.807, 2.05) is 26.0 Å². The molecule has 0 bridgehead atoms. The number of hydrogen-bond acceptors (Lipinski definition) is 3. The van der Waals surface area contributed by atoms with Gasteiger partial charge in [0.25, 0.3) is 0 Å². The van der Waals surface area contributed by atoms with Crippen LogP contribution in [0.2, 0.25) is 0 Å². The van der Waals surface area contributed by atoms with Crippen LogP contribution >= 0.6 is 0 Å². The number of nitrogens with zero attached hydrogens (tertiary/aromatic N) is 4. The van der Waals surface area contributed by atoms with Crippen LogP contribution in [-0.4, -0.2) is 20.0 Å². The number of hydrogen-bond donors (Lipinski definition) is 0. The van der Waals surface area contributed by atoms with Crippen LogP contribution in [0.3, 0.4) is 0 Å².